The molecule has 6 atom stereocenters. The molecule has 0 amide bonds. The minimum Gasteiger partial charge on any atom is -0.476 e. The number of halogens is 1. The van der Waals surface area contributed by atoms with Crippen molar-refractivity contribution in [2.75, 3.05) is 0 Å². The molecule has 3 saturated carbocycles. The fraction of sp³-hybridized carbons (Fsp3) is 0.739. The fourth-order valence-electron chi connectivity index (χ4n) is 7.40. The number of carboxylic acid groups (broad SMARTS) is 1. The van der Waals surface area contributed by atoms with Gasteiger partial charge >= 0.3 is 5.97 Å². The monoisotopic (exact) mass is 374 g/mol. The van der Waals surface area contributed by atoms with Crippen molar-refractivity contribution in [2.24, 2.45) is 34.5 Å². The summed E-state index contributed by atoms with van der Waals surface area (Å²) in [6, 6.07) is 0. The van der Waals surface area contributed by atoms with Crippen molar-refractivity contribution < 1.29 is 19.1 Å². The van der Waals surface area contributed by atoms with Crippen molar-refractivity contribution in [3.05, 3.63) is 23.0 Å². The first-order chi connectivity index (χ1) is 12.7. The Bertz CT molecular complexity index is 751. The molecular weight excluding hydrogens is 343 g/mol. The average molecular weight is 374 g/mol. The quantitative estimate of drug-likeness (QED) is 0.653. The Morgan fingerprint density at radius 3 is 2.56 bits per heavy atom. The summed E-state index contributed by atoms with van der Waals surface area (Å²) in [6.07, 6.45) is 9.17. The number of carbonyl (C=O) groups is 2. The molecule has 0 radical (unpaired) electrons. The second-order valence-electron chi connectivity index (χ2n) is 9.81. The molecule has 1 N–H and O–H groups in total. The molecule has 0 aromatic carbocycles. The topological polar surface area (TPSA) is 54.4 Å². The fourth-order valence-corrected chi connectivity index (χ4v) is 7.40. The number of hydrogen-bond donors (Lipinski definition) is 1. The molecule has 0 unspecified atom stereocenters. The van der Waals surface area contributed by atoms with Crippen LogP contribution < -0.4 is 0 Å². The number of rotatable bonds is 2. The van der Waals surface area contributed by atoms with E-state index in [-0.39, 0.29) is 16.7 Å². The largest absolute Gasteiger partial charge is 0.476 e. The average Bonchev–Trinajstić information content (AvgIpc) is 2.98. The maximum atomic E-state index is 14.4. The van der Waals surface area contributed by atoms with E-state index in [1.807, 2.05) is 6.08 Å². The highest BCUT2D eigenvalue weighted by atomic mass is 19.1. The molecule has 0 aliphatic heterocycles. The maximum absolute atomic E-state index is 14.4. The van der Waals surface area contributed by atoms with Gasteiger partial charge in [-0.3, -0.25) is 4.79 Å². The molecule has 4 aliphatic carbocycles. The first kappa shape index (κ1) is 18.9. The SMILES string of the molecule is CC[C@@H]1C[C@@]2(C)C(=CC1=O)CC[C@@H]1[C@@H]2CC[C@]2(C)C(=C(F)C(=O)O)CC[C@@H]12. The minimum atomic E-state index is -1.41. The van der Waals surface area contributed by atoms with Crippen molar-refractivity contribution in [1.29, 1.82) is 0 Å². The molecule has 4 aliphatic rings. The van der Waals surface area contributed by atoms with Crippen LogP contribution in [0.5, 0.6) is 0 Å². The van der Waals surface area contributed by atoms with Gasteiger partial charge in [-0.1, -0.05) is 26.3 Å². The molecule has 4 rings (SSSR count). The zero-order valence-corrected chi connectivity index (χ0v) is 16.7. The molecule has 0 aromatic heterocycles. The molecule has 3 fully saturated rings. The van der Waals surface area contributed by atoms with Gasteiger partial charge in [-0.15, -0.1) is 0 Å². The number of aliphatic carboxylic acids is 1. The number of carboxylic acids is 1. The highest BCUT2D eigenvalue weighted by molar-refractivity contribution is 5.93. The summed E-state index contributed by atoms with van der Waals surface area (Å²) >= 11 is 0. The van der Waals surface area contributed by atoms with Crippen molar-refractivity contribution in [3.63, 3.8) is 0 Å². The van der Waals surface area contributed by atoms with Gasteiger partial charge in [-0.2, -0.15) is 4.39 Å². The van der Waals surface area contributed by atoms with E-state index in [4.69, 9.17) is 0 Å². The Hall–Kier alpha value is -1.45. The summed E-state index contributed by atoms with van der Waals surface area (Å²) in [5.74, 6) is -0.470. The number of carbonyl (C=O) groups excluding carboxylic acids is 1. The van der Waals surface area contributed by atoms with Gasteiger partial charge in [0.05, 0.1) is 0 Å². The van der Waals surface area contributed by atoms with Gasteiger partial charge in [0.2, 0.25) is 5.83 Å². The lowest BCUT2D eigenvalue weighted by Gasteiger charge is -2.58. The third-order valence-corrected chi connectivity index (χ3v) is 8.86. The Kier molecular flexibility index (Phi) is 4.40. The summed E-state index contributed by atoms with van der Waals surface area (Å²) in [4.78, 5) is 23.7. The lowest BCUT2D eigenvalue weighted by molar-refractivity contribution is -0.134. The van der Waals surface area contributed by atoms with E-state index in [2.05, 4.69) is 20.8 Å². The summed E-state index contributed by atoms with van der Waals surface area (Å²) in [5.41, 5.74) is 1.66. The molecule has 4 heteroatoms. The van der Waals surface area contributed by atoms with E-state index in [1.165, 1.54) is 5.57 Å². The van der Waals surface area contributed by atoms with E-state index < -0.39 is 11.8 Å². The van der Waals surface area contributed by atoms with Crippen molar-refractivity contribution in [3.8, 4) is 0 Å². The second-order valence-corrected chi connectivity index (χ2v) is 9.81. The van der Waals surface area contributed by atoms with E-state index in [9.17, 15) is 19.1 Å². The van der Waals surface area contributed by atoms with Crippen molar-refractivity contribution in [2.45, 2.75) is 72.1 Å². The summed E-state index contributed by atoms with van der Waals surface area (Å²) in [6.45, 7) is 6.56. The van der Waals surface area contributed by atoms with Crippen molar-refractivity contribution in [1.82, 2.24) is 0 Å². The number of hydrogen-bond acceptors (Lipinski definition) is 2. The van der Waals surface area contributed by atoms with Crippen LogP contribution in [-0.2, 0) is 9.59 Å². The minimum absolute atomic E-state index is 0.0800. The van der Waals surface area contributed by atoms with Gasteiger partial charge in [0.1, 0.15) is 0 Å². The molecule has 3 nitrogen and oxygen atoms in total. The zero-order valence-electron chi connectivity index (χ0n) is 16.7. The number of allylic oxidation sites excluding steroid dienone is 2. The predicted octanol–water partition coefficient (Wildman–Crippen LogP) is 5.46. The lowest BCUT2D eigenvalue weighted by atomic mass is 9.46. The number of ketones is 1. The Balaban J connectivity index is 1.69. The van der Waals surface area contributed by atoms with Crippen LogP contribution in [0.1, 0.15) is 72.1 Å². The summed E-state index contributed by atoms with van der Waals surface area (Å²) in [7, 11) is 0. The highest BCUT2D eigenvalue weighted by Gasteiger charge is 2.59. The van der Waals surface area contributed by atoms with E-state index in [0.29, 0.717) is 35.5 Å². The predicted molar refractivity (Wildman–Crippen MR) is 102 cm³/mol. The molecule has 0 saturated heterocycles. The van der Waals surface area contributed by atoms with Gasteiger partial charge in [0.15, 0.2) is 5.78 Å². The summed E-state index contributed by atoms with van der Waals surface area (Å²) < 4.78 is 14.4. The first-order valence-corrected chi connectivity index (χ1v) is 10.6. The van der Waals surface area contributed by atoms with E-state index >= 15 is 0 Å². The normalized spacial score (nSPS) is 45.5. The van der Waals surface area contributed by atoms with Crippen LogP contribution in [0.3, 0.4) is 0 Å². The van der Waals surface area contributed by atoms with Crippen molar-refractivity contribution >= 4 is 11.8 Å². The van der Waals surface area contributed by atoms with Gasteiger partial charge < -0.3 is 5.11 Å². The molecule has 27 heavy (non-hydrogen) atoms. The van der Waals surface area contributed by atoms with Gasteiger partial charge in [-0.05, 0) is 91.6 Å². The van der Waals surface area contributed by atoms with E-state index in [0.717, 1.165) is 44.9 Å². The Labute approximate surface area is 161 Å². The van der Waals surface area contributed by atoms with Crippen LogP contribution >= 0.6 is 0 Å². The van der Waals surface area contributed by atoms with Crippen LogP contribution in [0.15, 0.2) is 23.0 Å². The smallest absolute Gasteiger partial charge is 0.364 e. The van der Waals surface area contributed by atoms with Gasteiger partial charge in [0.25, 0.3) is 0 Å². The molecule has 0 heterocycles. The van der Waals surface area contributed by atoms with Crippen LogP contribution in [0, 0.1) is 34.5 Å². The molecule has 0 bridgehead atoms. The van der Waals surface area contributed by atoms with E-state index in [1.54, 1.807) is 0 Å². The van der Waals surface area contributed by atoms with Crippen LogP contribution in [0.2, 0.25) is 0 Å². The van der Waals surface area contributed by atoms with Gasteiger partial charge in [-0.25, -0.2) is 4.79 Å². The van der Waals surface area contributed by atoms with Crippen LogP contribution in [0.4, 0.5) is 4.39 Å². The molecule has 0 spiro atoms. The lowest BCUT2D eigenvalue weighted by Crippen LogP contribution is -2.50. The molecule has 148 valence electrons. The summed E-state index contributed by atoms with van der Waals surface area (Å²) in [5, 5.41) is 9.18. The third-order valence-electron chi connectivity index (χ3n) is 8.86. The first-order valence-electron chi connectivity index (χ1n) is 10.6. The number of fused-ring (bicyclic) bond motifs is 5. The van der Waals surface area contributed by atoms with Crippen LogP contribution in [-0.4, -0.2) is 16.9 Å². The Morgan fingerprint density at radius 2 is 1.89 bits per heavy atom. The van der Waals surface area contributed by atoms with Gasteiger partial charge in [0, 0.05) is 5.92 Å². The van der Waals surface area contributed by atoms with Crippen LogP contribution in [0.25, 0.3) is 0 Å². The second kappa shape index (κ2) is 6.28. The zero-order chi connectivity index (χ0) is 19.6. The third kappa shape index (κ3) is 2.58. The Morgan fingerprint density at radius 1 is 1.19 bits per heavy atom. The maximum Gasteiger partial charge on any atom is 0.364 e. The highest BCUT2D eigenvalue weighted by Crippen LogP contribution is 2.67. The molecule has 0 aromatic rings. The standard InChI is InChI=1S/C23H31FO3/c1-4-13-12-23(3)14(11-19(13)25)5-6-15-16-7-8-18(20(24)21(26)27)22(16,2)10-9-17(15)23/h11,13,15-17H,4-10,12H2,1-3H3,(H,26,27)/t13-,15+,16+,17+,22+,23+/m1/s1. The molecular formula is C23H31FO3.